The van der Waals surface area contributed by atoms with Crippen molar-refractivity contribution in [2.24, 2.45) is 0 Å². The molecule has 106 valence electrons. The van der Waals surface area contributed by atoms with Gasteiger partial charge in [-0.1, -0.05) is 0 Å². The highest BCUT2D eigenvalue weighted by molar-refractivity contribution is 5.80. The molecule has 3 heterocycles. The molecule has 1 fully saturated rings. The van der Waals surface area contributed by atoms with Crippen LogP contribution in [0.2, 0.25) is 0 Å². The first-order chi connectivity index (χ1) is 10.4. The van der Waals surface area contributed by atoms with Crippen LogP contribution in [0.5, 0.6) is 0 Å². The molecule has 0 atom stereocenters. The molecule has 1 aliphatic carbocycles. The molecule has 0 bridgehead atoms. The van der Waals surface area contributed by atoms with Crippen LogP contribution in [0.4, 0.5) is 0 Å². The van der Waals surface area contributed by atoms with Gasteiger partial charge in [-0.05, 0) is 48.2 Å². The summed E-state index contributed by atoms with van der Waals surface area (Å²) in [4.78, 5) is 8.64. The molecule has 3 aromatic heterocycles. The summed E-state index contributed by atoms with van der Waals surface area (Å²) in [5, 5.41) is 4.84. The molecule has 0 saturated heterocycles. The normalized spacial score (nSPS) is 14.7. The third kappa shape index (κ3) is 2.67. The average molecular weight is 278 g/mol. The Kier molecular flexibility index (Phi) is 3.16. The Bertz CT molecular complexity index is 744. The van der Waals surface area contributed by atoms with E-state index >= 15 is 0 Å². The molecule has 1 aliphatic rings. The van der Waals surface area contributed by atoms with Gasteiger partial charge in [0.1, 0.15) is 5.65 Å². The van der Waals surface area contributed by atoms with E-state index < -0.39 is 0 Å². The van der Waals surface area contributed by atoms with E-state index in [2.05, 4.69) is 44.2 Å². The maximum atomic E-state index is 4.56. The molecule has 0 aromatic carbocycles. The monoisotopic (exact) mass is 278 g/mol. The van der Waals surface area contributed by atoms with Crippen molar-refractivity contribution in [3.05, 3.63) is 60.2 Å². The summed E-state index contributed by atoms with van der Waals surface area (Å²) in [6.07, 6.45) is 10.4. The third-order valence-corrected chi connectivity index (χ3v) is 3.98. The molecule has 0 spiro atoms. The van der Waals surface area contributed by atoms with E-state index in [1.54, 1.807) is 0 Å². The van der Waals surface area contributed by atoms with Crippen molar-refractivity contribution < 1.29 is 0 Å². The second-order valence-corrected chi connectivity index (χ2v) is 5.67. The number of nitrogens with zero attached hydrogens (tertiary/aromatic N) is 3. The molecular weight excluding hydrogens is 260 g/mol. The Labute approximate surface area is 123 Å². The predicted octanol–water partition coefficient (Wildman–Crippen LogP) is 2.73. The molecule has 1 N–H and O–H groups in total. The first-order valence-electron chi connectivity index (χ1n) is 7.45. The van der Waals surface area contributed by atoms with Gasteiger partial charge < -0.3 is 9.88 Å². The van der Waals surface area contributed by atoms with Crippen molar-refractivity contribution in [1.82, 2.24) is 19.9 Å². The highest BCUT2D eigenvalue weighted by Crippen LogP contribution is 2.23. The zero-order valence-corrected chi connectivity index (χ0v) is 11.9. The Balaban J connectivity index is 1.67. The summed E-state index contributed by atoms with van der Waals surface area (Å²) in [5.41, 5.74) is 3.63. The fourth-order valence-electron chi connectivity index (χ4n) is 2.68. The molecule has 4 rings (SSSR count). The Morgan fingerprint density at radius 3 is 2.81 bits per heavy atom. The zero-order chi connectivity index (χ0) is 14.1. The third-order valence-electron chi connectivity index (χ3n) is 3.98. The maximum Gasteiger partial charge on any atom is 0.140 e. The lowest BCUT2D eigenvalue weighted by Crippen LogP contribution is -2.14. The van der Waals surface area contributed by atoms with Crippen molar-refractivity contribution in [3.8, 4) is 0 Å². The van der Waals surface area contributed by atoms with Crippen LogP contribution in [0.25, 0.3) is 11.0 Å². The average Bonchev–Trinajstić information content (AvgIpc) is 3.30. The maximum absolute atomic E-state index is 4.56. The number of nitrogens with one attached hydrogen (secondary N) is 1. The van der Waals surface area contributed by atoms with Gasteiger partial charge in [-0.25, -0.2) is 4.98 Å². The van der Waals surface area contributed by atoms with Crippen LogP contribution in [-0.2, 0) is 13.1 Å². The van der Waals surface area contributed by atoms with Gasteiger partial charge in [0.2, 0.25) is 0 Å². The van der Waals surface area contributed by atoms with Gasteiger partial charge in [0.05, 0.1) is 0 Å². The lowest BCUT2D eigenvalue weighted by Gasteiger charge is -2.04. The summed E-state index contributed by atoms with van der Waals surface area (Å²) in [7, 11) is 0. The molecule has 0 radical (unpaired) electrons. The molecule has 4 nitrogen and oxygen atoms in total. The van der Waals surface area contributed by atoms with Crippen LogP contribution in [0.1, 0.15) is 24.0 Å². The first kappa shape index (κ1) is 12.5. The van der Waals surface area contributed by atoms with Crippen LogP contribution in [0.3, 0.4) is 0 Å². The highest BCUT2D eigenvalue weighted by atomic mass is 15.0. The fourth-order valence-corrected chi connectivity index (χ4v) is 2.68. The zero-order valence-electron chi connectivity index (χ0n) is 11.9. The molecular formula is C17H18N4. The molecule has 3 aromatic rings. The Hall–Kier alpha value is -2.20. The number of hydrogen-bond donors (Lipinski definition) is 1. The van der Waals surface area contributed by atoms with Crippen molar-refractivity contribution in [1.29, 1.82) is 0 Å². The minimum absolute atomic E-state index is 0.722. The van der Waals surface area contributed by atoms with E-state index in [-0.39, 0.29) is 0 Å². The van der Waals surface area contributed by atoms with Gasteiger partial charge in [-0.15, -0.1) is 0 Å². The van der Waals surface area contributed by atoms with Crippen LogP contribution >= 0.6 is 0 Å². The van der Waals surface area contributed by atoms with Gasteiger partial charge >= 0.3 is 0 Å². The van der Waals surface area contributed by atoms with Gasteiger partial charge in [-0.2, -0.15) is 0 Å². The molecule has 0 unspecified atom stereocenters. The number of fused-ring (bicyclic) bond motifs is 1. The first-order valence-corrected chi connectivity index (χ1v) is 7.45. The minimum Gasteiger partial charge on any atom is -0.328 e. The second-order valence-electron chi connectivity index (χ2n) is 5.67. The van der Waals surface area contributed by atoms with Gasteiger partial charge in [0, 0.05) is 49.3 Å². The molecule has 0 aliphatic heterocycles. The van der Waals surface area contributed by atoms with Crippen LogP contribution in [-0.4, -0.2) is 20.6 Å². The predicted molar refractivity (Wildman–Crippen MR) is 82.9 cm³/mol. The number of aromatic nitrogens is 3. The number of pyridine rings is 2. The number of rotatable bonds is 5. The van der Waals surface area contributed by atoms with Gasteiger partial charge in [0.15, 0.2) is 0 Å². The molecule has 0 amide bonds. The quantitative estimate of drug-likeness (QED) is 0.780. The highest BCUT2D eigenvalue weighted by Gasteiger charge is 2.21. The van der Waals surface area contributed by atoms with Crippen LogP contribution in [0.15, 0.2) is 49.1 Å². The largest absolute Gasteiger partial charge is 0.328 e. The van der Waals surface area contributed by atoms with Crippen LogP contribution < -0.4 is 5.32 Å². The Morgan fingerprint density at radius 1 is 1.14 bits per heavy atom. The molecule has 4 heteroatoms. The van der Waals surface area contributed by atoms with E-state index in [4.69, 9.17) is 0 Å². The standard InChI is InChI=1S/C17H18N4/c1-2-16-14(10-20-15-3-4-15)12-21(17(16)19-7-1)11-13-5-8-18-9-6-13/h1-2,5-9,12,15,20H,3-4,10-11H2. The SMILES string of the molecule is c1cnc2c(c1)c(CNC1CC1)cn2Cc1ccncc1. The molecule has 1 saturated carbocycles. The van der Waals surface area contributed by atoms with Gasteiger partial charge in [0.25, 0.3) is 0 Å². The van der Waals surface area contributed by atoms with Crippen molar-refractivity contribution >= 4 is 11.0 Å². The van der Waals surface area contributed by atoms with E-state index in [0.29, 0.717) is 0 Å². The van der Waals surface area contributed by atoms with Crippen molar-refractivity contribution in [2.45, 2.75) is 32.0 Å². The van der Waals surface area contributed by atoms with E-state index in [1.807, 2.05) is 24.7 Å². The summed E-state index contributed by atoms with van der Waals surface area (Å²) in [6, 6.07) is 9.00. The van der Waals surface area contributed by atoms with E-state index in [1.165, 1.54) is 29.4 Å². The van der Waals surface area contributed by atoms with Crippen LogP contribution in [0, 0.1) is 0 Å². The second kappa shape index (κ2) is 5.30. The summed E-state index contributed by atoms with van der Waals surface area (Å²) < 4.78 is 2.23. The minimum atomic E-state index is 0.722. The summed E-state index contributed by atoms with van der Waals surface area (Å²) >= 11 is 0. The van der Waals surface area contributed by atoms with Gasteiger partial charge in [-0.3, -0.25) is 4.98 Å². The van der Waals surface area contributed by atoms with E-state index in [9.17, 15) is 0 Å². The molecule has 21 heavy (non-hydrogen) atoms. The lowest BCUT2D eigenvalue weighted by atomic mass is 10.2. The lowest BCUT2D eigenvalue weighted by molar-refractivity contribution is 0.687. The Morgan fingerprint density at radius 2 is 2.00 bits per heavy atom. The van der Waals surface area contributed by atoms with Crippen molar-refractivity contribution in [3.63, 3.8) is 0 Å². The summed E-state index contributed by atoms with van der Waals surface area (Å²) in [5.74, 6) is 0. The topological polar surface area (TPSA) is 42.7 Å². The smallest absolute Gasteiger partial charge is 0.140 e. The van der Waals surface area contributed by atoms with E-state index in [0.717, 1.165) is 24.8 Å². The number of hydrogen-bond acceptors (Lipinski definition) is 3. The van der Waals surface area contributed by atoms with Crippen molar-refractivity contribution in [2.75, 3.05) is 0 Å². The fraction of sp³-hybridized carbons (Fsp3) is 0.294. The summed E-state index contributed by atoms with van der Waals surface area (Å²) in [6.45, 7) is 1.76.